The molecule has 0 spiro atoms. The fourth-order valence-corrected chi connectivity index (χ4v) is 5.50. The van der Waals surface area contributed by atoms with E-state index in [1.54, 1.807) is 11.1 Å². The molecular weight excluding hydrogens is 474 g/mol. The molecule has 194 valence electrons. The number of nitrogens with zero attached hydrogens (tertiary/aromatic N) is 3. The number of carbonyl (C=O) groups is 2. The molecule has 1 N–H and O–H groups in total. The van der Waals surface area contributed by atoms with Crippen LogP contribution < -0.4 is 0 Å². The van der Waals surface area contributed by atoms with Gasteiger partial charge in [0.15, 0.2) is 0 Å². The smallest absolute Gasteiger partial charge is 0.312 e. The lowest BCUT2D eigenvalue weighted by molar-refractivity contribution is -0.156. The summed E-state index contributed by atoms with van der Waals surface area (Å²) in [7, 11) is 0. The highest BCUT2D eigenvalue weighted by Crippen LogP contribution is 2.36. The summed E-state index contributed by atoms with van der Waals surface area (Å²) in [5.74, 6) is -3.49. The summed E-state index contributed by atoms with van der Waals surface area (Å²) in [6.45, 7) is 5.89. The number of hydrogen-bond acceptors (Lipinski definition) is 3. The minimum absolute atomic E-state index is 0.104. The number of likely N-dealkylation sites (tertiary alicyclic amines) is 2. The zero-order valence-corrected chi connectivity index (χ0v) is 21.4. The van der Waals surface area contributed by atoms with E-state index in [0.717, 1.165) is 23.2 Å². The van der Waals surface area contributed by atoms with Crippen LogP contribution in [0.25, 0.3) is 22.4 Å². The zero-order valence-electron chi connectivity index (χ0n) is 21.4. The minimum Gasteiger partial charge on any atom is -0.340 e. The second-order valence-corrected chi connectivity index (χ2v) is 10.4. The first-order valence-corrected chi connectivity index (χ1v) is 12.9. The van der Waals surface area contributed by atoms with Gasteiger partial charge in [0.25, 0.3) is 5.92 Å². The lowest BCUT2D eigenvalue weighted by Crippen LogP contribution is -2.51. The van der Waals surface area contributed by atoms with E-state index in [-0.39, 0.29) is 25.2 Å². The van der Waals surface area contributed by atoms with Crippen molar-refractivity contribution in [3.05, 3.63) is 65.6 Å². The molecule has 2 fully saturated rings. The third kappa shape index (κ3) is 5.02. The molecule has 1 aromatic heterocycles. The van der Waals surface area contributed by atoms with E-state index in [4.69, 9.17) is 0 Å². The Labute approximate surface area is 215 Å². The zero-order chi connectivity index (χ0) is 26.3. The second-order valence-electron chi connectivity index (χ2n) is 10.4. The molecule has 2 saturated heterocycles. The molecule has 0 saturated carbocycles. The summed E-state index contributed by atoms with van der Waals surface area (Å²) in [5.41, 5.74) is 6.59. The van der Waals surface area contributed by atoms with Crippen LogP contribution in [-0.4, -0.2) is 56.6 Å². The summed E-state index contributed by atoms with van der Waals surface area (Å²) in [6.07, 6.45) is 2.35. The maximum atomic E-state index is 13.5. The minimum atomic E-state index is -2.77. The van der Waals surface area contributed by atoms with Crippen LogP contribution in [0.5, 0.6) is 0 Å². The molecule has 0 radical (unpaired) electrons. The first-order valence-electron chi connectivity index (χ1n) is 12.9. The monoisotopic (exact) mass is 506 g/mol. The fraction of sp³-hybridized carbons (Fsp3) is 0.414. The molecule has 0 bridgehead atoms. The van der Waals surface area contributed by atoms with Gasteiger partial charge in [-0.3, -0.25) is 9.59 Å². The SMILES string of the molecule is Cc1ccc(-c2ccc(-c3cnc([C@@H]4CC[C@H](C)N4C(=O)C(=O)N4CCC(F)(F)CC4)[nH]3)cc2)c(C)c1. The van der Waals surface area contributed by atoms with Crippen molar-refractivity contribution in [3.63, 3.8) is 0 Å². The molecule has 2 aromatic carbocycles. The molecule has 5 rings (SSSR count). The lowest BCUT2D eigenvalue weighted by Gasteiger charge is -2.34. The van der Waals surface area contributed by atoms with Crippen molar-refractivity contribution < 1.29 is 18.4 Å². The number of amides is 2. The van der Waals surface area contributed by atoms with Gasteiger partial charge in [0.2, 0.25) is 0 Å². The fourth-order valence-electron chi connectivity index (χ4n) is 5.50. The Balaban J connectivity index is 1.32. The largest absolute Gasteiger partial charge is 0.340 e. The number of halogens is 2. The standard InChI is InChI=1S/C29H32F2N4O2/c1-18-4-10-23(19(2)16-18)21-6-8-22(9-7-21)24-17-32-26(33-24)25-11-5-20(3)35(25)28(37)27(36)34-14-12-29(30,31)13-15-34/h4,6-10,16-17,20,25H,5,11-15H2,1-3H3,(H,32,33)/t20-,25-/m0/s1. The molecule has 3 heterocycles. The van der Waals surface area contributed by atoms with Crippen LogP contribution in [0.4, 0.5) is 8.78 Å². The third-order valence-corrected chi connectivity index (χ3v) is 7.67. The summed E-state index contributed by atoms with van der Waals surface area (Å²) in [5, 5.41) is 0. The molecule has 0 aliphatic carbocycles. The molecule has 2 aliphatic heterocycles. The van der Waals surface area contributed by atoms with Crippen LogP contribution in [0.1, 0.15) is 55.6 Å². The number of aromatic amines is 1. The molecule has 6 nitrogen and oxygen atoms in total. The van der Waals surface area contributed by atoms with Gasteiger partial charge in [0.1, 0.15) is 5.82 Å². The van der Waals surface area contributed by atoms with Crippen molar-refractivity contribution in [1.29, 1.82) is 0 Å². The van der Waals surface area contributed by atoms with Crippen LogP contribution in [-0.2, 0) is 9.59 Å². The number of benzene rings is 2. The predicted octanol–water partition coefficient (Wildman–Crippen LogP) is 5.67. The van der Waals surface area contributed by atoms with E-state index in [1.807, 2.05) is 19.1 Å². The van der Waals surface area contributed by atoms with Gasteiger partial charge in [-0.15, -0.1) is 0 Å². The first kappa shape index (κ1) is 25.1. The summed E-state index contributed by atoms with van der Waals surface area (Å²) in [6, 6.07) is 14.2. The van der Waals surface area contributed by atoms with Crippen LogP contribution in [0.15, 0.2) is 48.7 Å². The van der Waals surface area contributed by atoms with Crippen LogP contribution >= 0.6 is 0 Å². The number of aryl methyl sites for hydroxylation is 2. The highest BCUT2D eigenvalue weighted by molar-refractivity contribution is 6.35. The Bertz CT molecular complexity index is 1310. The number of piperidine rings is 1. The number of carbonyl (C=O) groups excluding carboxylic acids is 2. The van der Waals surface area contributed by atoms with Crippen LogP contribution in [0.2, 0.25) is 0 Å². The summed E-state index contributed by atoms with van der Waals surface area (Å²) in [4.78, 5) is 36.8. The average Bonchev–Trinajstić information content (AvgIpc) is 3.50. The van der Waals surface area contributed by atoms with Gasteiger partial charge < -0.3 is 14.8 Å². The van der Waals surface area contributed by atoms with Crippen molar-refractivity contribution in [2.24, 2.45) is 0 Å². The van der Waals surface area contributed by atoms with Gasteiger partial charge in [-0.05, 0) is 55.9 Å². The number of hydrogen-bond donors (Lipinski definition) is 1. The van der Waals surface area contributed by atoms with E-state index >= 15 is 0 Å². The molecule has 2 amide bonds. The molecular formula is C29H32F2N4O2. The predicted molar refractivity (Wildman–Crippen MR) is 138 cm³/mol. The van der Waals surface area contributed by atoms with Gasteiger partial charge >= 0.3 is 11.8 Å². The van der Waals surface area contributed by atoms with Crippen molar-refractivity contribution in [2.45, 2.75) is 64.5 Å². The van der Waals surface area contributed by atoms with E-state index in [2.05, 4.69) is 54.1 Å². The Morgan fingerprint density at radius 2 is 1.65 bits per heavy atom. The number of imidazole rings is 1. The normalized spacial score (nSPS) is 21.3. The molecule has 3 aromatic rings. The molecule has 2 atom stereocenters. The van der Waals surface area contributed by atoms with Crippen molar-refractivity contribution in [1.82, 2.24) is 19.8 Å². The quantitative estimate of drug-likeness (QED) is 0.466. The van der Waals surface area contributed by atoms with E-state index in [1.165, 1.54) is 21.6 Å². The van der Waals surface area contributed by atoms with Gasteiger partial charge in [0, 0.05) is 32.0 Å². The van der Waals surface area contributed by atoms with E-state index in [0.29, 0.717) is 12.2 Å². The van der Waals surface area contributed by atoms with E-state index < -0.39 is 30.6 Å². The molecule has 37 heavy (non-hydrogen) atoms. The third-order valence-electron chi connectivity index (χ3n) is 7.67. The Kier molecular flexibility index (Phi) is 6.60. The van der Waals surface area contributed by atoms with Crippen molar-refractivity contribution in [3.8, 4) is 22.4 Å². The topological polar surface area (TPSA) is 69.3 Å². The maximum absolute atomic E-state index is 13.5. The number of nitrogens with one attached hydrogen (secondary N) is 1. The number of alkyl halides is 2. The van der Waals surface area contributed by atoms with E-state index in [9.17, 15) is 18.4 Å². The molecule has 0 unspecified atom stereocenters. The average molecular weight is 507 g/mol. The van der Waals surface area contributed by atoms with Gasteiger partial charge in [0.05, 0.1) is 17.9 Å². The van der Waals surface area contributed by atoms with Crippen molar-refractivity contribution in [2.75, 3.05) is 13.1 Å². The lowest BCUT2D eigenvalue weighted by atomic mass is 9.97. The number of H-pyrrole nitrogens is 1. The Hall–Kier alpha value is -3.55. The highest BCUT2D eigenvalue weighted by Gasteiger charge is 2.43. The summed E-state index contributed by atoms with van der Waals surface area (Å²) >= 11 is 0. The summed E-state index contributed by atoms with van der Waals surface area (Å²) < 4.78 is 27.1. The molecule has 8 heteroatoms. The van der Waals surface area contributed by atoms with Crippen LogP contribution in [0, 0.1) is 13.8 Å². The highest BCUT2D eigenvalue weighted by atomic mass is 19.3. The van der Waals surface area contributed by atoms with Gasteiger partial charge in [-0.2, -0.15) is 0 Å². The van der Waals surface area contributed by atoms with Gasteiger partial charge in [-0.1, -0.05) is 48.0 Å². The van der Waals surface area contributed by atoms with Crippen molar-refractivity contribution >= 4 is 11.8 Å². The molecule has 2 aliphatic rings. The first-order chi connectivity index (χ1) is 17.6. The van der Waals surface area contributed by atoms with Gasteiger partial charge in [-0.25, -0.2) is 13.8 Å². The number of aromatic nitrogens is 2. The Morgan fingerprint density at radius 1 is 0.973 bits per heavy atom. The van der Waals surface area contributed by atoms with Crippen LogP contribution in [0.3, 0.4) is 0 Å². The number of rotatable bonds is 3. The Morgan fingerprint density at radius 3 is 2.32 bits per heavy atom. The maximum Gasteiger partial charge on any atom is 0.312 e. The second kappa shape index (κ2) is 9.72.